The van der Waals surface area contributed by atoms with Crippen LogP contribution in [0.25, 0.3) is 11.0 Å². The SMILES string of the molecule is O=C(c1ccc(NS(=O)(=O)c2cccc3nccnc23)cc1)N1CCC(O)(c2sncc2Cl)CC1. The van der Waals surface area contributed by atoms with Crippen molar-refractivity contribution in [3.05, 3.63) is 76.5 Å². The molecular formula is C23H20ClN5O4S2. The van der Waals surface area contributed by atoms with Gasteiger partial charge in [-0.05, 0) is 60.8 Å². The lowest BCUT2D eigenvalue weighted by Gasteiger charge is -2.37. The van der Waals surface area contributed by atoms with Crippen LogP contribution in [-0.4, -0.2) is 51.8 Å². The van der Waals surface area contributed by atoms with Gasteiger partial charge < -0.3 is 10.0 Å². The Morgan fingerprint density at radius 1 is 1.09 bits per heavy atom. The minimum atomic E-state index is -3.92. The van der Waals surface area contributed by atoms with Crippen LogP contribution in [0.2, 0.25) is 5.02 Å². The molecule has 0 bridgehead atoms. The van der Waals surface area contributed by atoms with Gasteiger partial charge in [-0.3, -0.25) is 19.5 Å². The number of carbonyl (C=O) groups excluding carboxylic acids is 1. The molecule has 0 spiro atoms. The minimum absolute atomic E-state index is 0.0186. The Hall–Kier alpha value is -3.12. The summed E-state index contributed by atoms with van der Waals surface area (Å²) in [6.45, 7) is 0.722. The van der Waals surface area contributed by atoms with Crippen molar-refractivity contribution in [2.75, 3.05) is 17.8 Å². The molecular weight excluding hydrogens is 510 g/mol. The number of para-hydroxylation sites is 1. The highest BCUT2D eigenvalue weighted by atomic mass is 35.5. The predicted octanol–water partition coefficient (Wildman–Crippen LogP) is 3.66. The number of benzene rings is 2. The molecule has 1 amide bonds. The fraction of sp³-hybridized carbons (Fsp3) is 0.217. The first-order valence-corrected chi connectivity index (χ1v) is 13.4. The van der Waals surface area contributed by atoms with Gasteiger partial charge in [-0.15, -0.1) is 0 Å². The van der Waals surface area contributed by atoms with Crippen molar-refractivity contribution in [1.82, 2.24) is 19.2 Å². The normalized spacial score (nSPS) is 15.8. The first kappa shape index (κ1) is 23.6. The van der Waals surface area contributed by atoms with Crippen molar-refractivity contribution in [3.8, 4) is 0 Å². The van der Waals surface area contributed by atoms with E-state index in [1.807, 2.05) is 0 Å². The Kier molecular flexibility index (Phi) is 6.18. The Morgan fingerprint density at radius 3 is 2.49 bits per heavy atom. The predicted molar refractivity (Wildman–Crippen MR) is 133 cm³/mol. The molecule has 1 fully saturated rings. The monoisotopic (exact) mass is 529 g/mol. The van der Waals surface area contributed by atoms with E-state index in [1.54, 1.807) is 41.3 Å². The number of nitrogens with zero attached hydrogens (tertiary/aromatic N) is 4. The summed E-state index contributed by atoms with van der Waals surface area (Å²) in [5.74, 6) is -0.193. The summed E-state index contributed by atoms with van der Waals surface area (Å²) in [6.07, 6.45) is 5.16. The van der Waals surface area contributed by atoms with Crippen molar-refractivity contribution in [2.24, 2.45) is 0 Å². The molecule has 0 unspecified atom stereocenters. The van der Waals surface area contributed by atoms with Crippen LogP contribution < -0.4 is 4.72 Å². The van der Waals surface area contributed by atoms with Crippen LogP contribution in [0.5, 0.6) is 0 Å². The van der Waals surface area contributed by atoms with Crippen molar-refractivity contribution in [1.29, 1.82) is 0 Å². The summed E-state index contributed by atoms with van der Waals surface area (Å²) in [5.41, 5.74) is 0.394. The Labute approximate surface area is 210 Å². The van der Waals surface area contributed by atoms with Gasteiger partial charge in [-0.25, -0.2) is 8.42 Å². The number of carbonyl (C=O) groups is 1. The van der Waals surface area contributed by atoms with E-state index in [0.29, 0.717) is 52.6 Å². The number of aromatic nitrogens is 3. The lowest BCUT2D eigenvalue weighted by Crippen LogP contribution is -2.45. The van der Waals surface area contributed by atoms with Gasteiger partial charge in [0.1, 0.15) is 16.0 Å². The van der Waals surface area contributed by atoms with Crippen molar-refractivity contribution < 1.29 is 18.3 Å². The summed E-state index contributed by atoms with van der Waals surface area (Å²) in [4.78, 5) is 23.6. The third-order valence-electron chi connectivity index (χ3n) is 5.96. The number of rotatable bonds is 5. The average Bonchev–Trinajstić information content (AvgIpc) is 3.31. The van der Waals surface area contributed by atoms with Crippen LogP contribution in [0.1, 0.15) is 28.1 Å². The first-order valence-electron chi connectivity index (χ1n) is 10.7. The number of nitrogens with one attached hydrogen (secondary N) is 1. The van der Waals surface area contributed by atoms with Crippen molar-refractivity contribution >= 4 is 55.8 Å². The van der Waals surface area contributed by atoms with Crippen LogP contribution in [0.4, 0.5) is 5.69 Å². The van der Waals surface area contributed by atoms with Crippen molar-refractivity contribution in [2.45, 2.75) is 23.3 Å². The first-order chi connectivity index (χ1) is 16.8. The Bertz CT molecular complexity index is 1490. The molecule has 3 heterocycles. The lowest BCUT2D eigenvalue weighted by atomic mass is 9.89. The van der Waals surface area contributed by atoms with Gasteiger partial charge in [-0.1, -0.05) is 17.7 Å². The average molecular weight is 530 g/mol. The molecule has 0 aliphatic carbocycles. The molecule has 5 rings (SSSR count). The van der Waals surface area contributed by atoms with Gasteiger partial charge in [0, 0.05) is 36.7 Å². The van der Waals surface area contributed by atoms with Crippen LogP contribution >= 0.6 is 23.1 Å². The van der Waals surface area contributed by atoms with E-state index in [1.165, 1.54) is 36.2 Å². The van der Waals surface area contributed by atoms with E-state index in [-0.39, 0.29) is 16.3 Å². The number of hydrogen-bond acceptors (Lipinski definition) is 8. The highest BCUT2D eigenvalue weighted by Gasteiger charge is 2.38. The van der Waals surface area contributed by atoms with Crippen LogP contribution in [0.15, 0.2) is 66.0 Å². The number of halogens is 1. The number of hydrogen-bond donors (Lipinski definition) is 2. The zero-order valence-corrected chi connectivity index (χ0v) is 20.6. The van der Waals surface area contributed by atoms with E-state index in [4.69, 9.17) is 11.6 Å². The minimum Gasteiger partial charge on any atom is -0.384 e. The number of piperidine rings is 1. The second kappa shape index (κ2) is 9.15. The second-order valence-corrected chi connectivity index (χ2v) is 11.0. The second-order valence-electron chi connectivity index (χ2n) is 8.19. The van der Waals surface area contributed by atoms with E-state index in [2.05, 4.69) is 19.1 Å². The number of amides is 1. The third kappa shape index (κ3) is 4.59. The largest absolute Gasteiger partial charge is 0.384 e. The molecule has 2 aromatic carbocycles. The molecule has 2 N–H and O–H groups in total. The van der Waals surface area contributed by atoms with Crippen LogP contribution in [0, 0.1) is 0 Å². The molecule has 180 valence electrons. The zero-order valence-electron chi connectivity index (χ0n) is 18.3. The summed E-state index contributed by atoms with van der Waals surface area (Å²) in [6, 6.07) is 11.0. The van der Waals surface area contributed by atoms with Gasteiger partial charge in [0.2, 0.25) is 0 Å². The van der Waals surface area contributed by atoms with E-state index in [0.717, 1.165) is 0 Å². The van der Waals surface area contributed by atoms with Crippen molar-refractivity contribution in [3.63, 3.8) is 0 Å². The smallest absolute Gasteiger partial charge is 0.264 e. The standard InChI is InChI=1S/C23H20ClN5O4S2/c24-17-14-27-34-21(17)23(31)8-12-29(13-9-23)22(30)15-4-6-16(7-5-15)28-35(32,33)19-3-1-2-18-20(19)26-11-10-25-18/h1-7,10-11,14,28,31H,8-9,12-13H2. The Morgan fingerprint density at radius 2 is 1.80 bits per heavy atom. The molecule has 1 aliphatic heterocycles. The quantitative estimate of drug-likeness (QED) is 0.404. The maximum absolute atomic E-state index is 13.0. The maximum atomic E-state index is 13.0. The van der Waals surface area contributed by atoms with Crippen LogP contribution in [0.3, 0.4) is 0 Å². The number of sulfonamides is 1. The fourth-order valence-electron chi connectivity index (χ4n) is 4.10. The van der Waals surface area contributed by atoms with E-state index >= 15 is 0 Å². The molecule has 0 atom stereocenters. The molecule has 1 saturated heterocycles. The van der Waals surface area contributed by atoms with Gasteiger partial charge in [-0.2, -0.15) is 4.37 Å². The lowest BCUT2D eigenvalue weighted by molar-refractivity contribution is -0.0182. The summed E-state index contributed by atoms with van der Waals surface area (Å²) in [5, 5.41) is 11.4. The molecule has 12 heteroatoms. The van der Waals surface area contributed by atoms with E-state index < -0.39 is 15.6 Å². The van der Waals surface area contributed by atoms with E-state index in [9.17, 15) is 18.3 Å². The zero-order chi connectivity index (χ0) is 24.6. The summed E-state index contributed by atoms with van der Waals surface area (Å²) in [7, 11) is -3.92. The highest BCUT2D eigenvalue weighted by Crippen LogP contribution is 2.39. The Balaban J connectivity index is 1.28. The molecule has 35 heavy (non-hydrogen) atoms. The topological polar surface area (TPSA) is 125 Å². The molecule has 0 saturated carbocycles. The van der Waals surface area contributed by atoms with Crippen LogP contribution in [-0.2, 0) is 15.6 Å². The molecule has 4 aromatic rings. The summed E-state index contributed by atoms with van der Waals surface area (Å²) < 4.78 is 32.5. The number of likely N-dealkylation sites (tertiary alicyclic amines) is 1. The molecule has 9 nitrogen and oxygen atoms in total. The molecule has 1 aliphatic rings. The number of aliphatic hydroxyl groups is 1. The molecule has 0 radical (unpaired) electrons. The third-order valence-corrected chi connectivity index (χ3v) is 8.77. The van der Waals surface area contributed by atoms with Gasteiger partial charge >= 0.3 is 0 Å². The number of anilines is 1. The fourth-order valence-corrected chi connectivity index (χ4v) is 6.49. The molecule has 2 aromatic heterocycles. The highest BCUT2D eigenvalue weighted by molar-refractivity contribution is 7.93. The summed E-state index contributed by atoms with van der Waals surface area (Å²) >= 11 is 7.30. The van der Waals surface area contributed by atoms with Gasteiger partial charge in [0.05, 0.1) is 21.6 Å². The number of fused-ring (bicyclic) bond motifs is 1. The van der Waals surface area contributed by atoms with Gasteiger partial charge in [0.15, 0.2) is 0 Å². The van der Waals surface area contributed by atoms with Gasteiger partial charge in [0.25, 0.3) is 15.9 Å². The maximum Gasteiger partial charge on any atom is 0.264 e.